The lowest BCUT2D eigenvalue weighted by Crippen LogP contribution is -2.49. The summed E-state index contributed by atoms with van der Waals surface area (Å²) in [5.41, 5.74) is 3.53. The molecule has 190 valence electrons. The smallest absolute Gasteiger partial charge is 0.253 e. The summed E-state index contributed by atoms with van der Waals surface area (Å²) in [6.45, 7) is 5.90. The maximum absolute atomic E-state index is 11.6. The average Bonchev–Trinajstić information content (AvgIpc) is 3.38. The molecule has 1 aliphatic heterocycles. The van der Waals surface area contributed by atoms with Gasteiger partial charge in [-0.05, 0) is 117 Å². The van der Waals surface area contributed by atoms with E-state index >= 15 is 0 Å². The molecule has 0 saturated heterocycles. The normalized spacial score (nSPS) is 31.4. The molecule has 2 N–H and O–H groups in total. The van der Waals surface area contributed by atoms with Gasteiger partial charge in [0.2, 0.25) is 0 Å². The SMILES string of the molecule is COc1ccc2c(c1)CCC1C2CC[C@]2(C)C(NCCCNCCCN3C(=O)C=CC3=O)CCC12. The van der Waals surface area contributed by atoms with Crippen LogP contribution in [-0.2, 0) is 16.0 Å². The number of carbonyl (C=O) groups is 2. The van der Waals surface area contributed by atoms with Crippen molar-refractivity contribution >= 4 is 11.8 Å². The Kier molecular flexibility index (Phi) is 7.31. The first-order valence-electron chi connectivity index (χ1n) is 13.7. The van der Waals surface area contributed by atoms with E-state index in [1.807, 2.05) is 0 Å². The van der Waals surface area contributed by atoms with Crippen LogP contribution in [0.3, 0.4) is 0 Å². The molecule has 2 amide bonds. The van der Waals surface area contributed by atoms with Crippen molar-refractivity contribution in [3.05, 3.63) is 41.5 Å². The number of hydrogen-bond acceptors (Lipinski definition) is 5. The van der Waals surface area contributed by atoms with Gasteiger partial charge in [-0.2, -0.15) is 0 Å². The second-order valence-electron chi connectivity index (χ2n) is 11.2. The highest BCUT2D eigenvalue weighted by atomic mass is 16.5. The molecule has 35 heavy (non-hydrogen) atoms. The topological polar surface area (TPSA) is 70.7 Å². The van der Waals surface area contributed by atoms with Gasteiger partial charge in [-0.3, -0.25) is 14.5 Å². The molecule has 1 heterocycles. The van der Waals surface area contributed by atoms with Crippen molar-refractivity contribution in [2.75, 3.05) is 33.3 Å². The summed E-state index contributed by atoms with van der Waals surface area (Å²) in [5.74, 6) is 3.01. The molecule has 2 saturated carbocycles. The molecule has 6 nitrogen and oxygen atoms in total. The van der Waals surface area contributed by atoms with Crippen LogP contribution in [0.25, 0.3) is 0 Å². The highest BCUT2D eigenvalue weighted by Gasteiger charge is 2.54. The number of hydrogen-bond donors (Lipinski definition) is 2. The van der Waals surface area contributed by atoms with Gasteiger partial charge in [0, 0.05) is 24.7 Å². The standard InChI is InChI=1S/C29H41N3O3/c1-29-14-13-23-22-8-6-21(35-2)19-20(22)5-7-24(23)25(29)9-10-26(29)31-17-3-15-30-16-4-18-32-27(33)11-12-28(32)34/h6,8,11-12,19,23-26,30-31H,3-5,7,9-10,13-18H2,1-2H3/t23?,24?,25?,26?,29-/m0/s1. The highest BCUT2D eigenvalue weighted by molar-refractivity contribution is 6.12. The quantitative estimate of drug-likeness (QED) is 0.395. The number of imide groups is 1. The molecule has 2 fully saturated rings. The van der Waals surface area contributed by atoms with Gasteiger partial charge in [-0.15, -0.1) is 0 Å². The number of ether oxygens (including phenoxy) is 1. The number of aryl methyl sites for hydroxylation is 1. The maximum atomic E-state index is 11.6. The fraction of sp³-hybridized carbons (Fsp3) is 0.655. The number of nitrogens with zero attached hydrogens (tertiary/aromatic N) is 1. The third-order valence-electron chi connectivity index (χ3n) is 9.49. The minimum atomic E-state index is -0.186. The first-order valence-corrected chi connectivity index (χ1v) is 13.7. The van der Waals surface area contributed by atoms with Crippen LogP contribution >= 0.6 is 0 Å². The minimum Gasteiger partial charge on any atom is -0.497 e. The van der Waals surface area contributed by atoms with Crippen molar-refractivity contribution in [2.45, 2.75) is 70.3 Å². The third kappa shape index (κ3) is 4.79. The zero-order valence-electron chi connectivity index (χ0n) is 21.4. The summed E-state index contributed by atoms with van der Waals surface area (Å²) in [5, 5.41) is 7.40. The molecule has 4 unspecified atom stereocenters. The van der Waals surface area contributed by atoms with Gasteiger partial charge in [0.1, 0.15) is 5.75 Å². The zero-order chi connectivity index (χ0) is 24.4. The molecule has 0 bridgehead atoms. The van der Waals surface area contributed by atoms with Crippen LogP contribution in [-0.4, -0.2) is 56.0 Å². The van der Waals surface area contributed by atoms with Gasteiger partial charge in [0.05, 0.1) is 7.11 Å². The lowest BCUT2D eigenvalue weighted by atomic mass is 9.55. The first-order chi connectivity index (χ1) is 17.0. The Morgan fingerprint density at radius 2 is 1.83 bits per heavy atom. The molecular weight excluding hydrogens is 438 g/mol. The van der Waals surface area contributed by atoms with Crippen molar-refractivity contribution in [3.8, 4) is 5.75 Å². The molecule has 0 aromatic heterocycles. The number of methoxy groups -OCH3 is 1. The van der Waals surface area contributed by atoms with Gasteiger partial charge in [0.25, 0.3) is 11.8 Å². The Morgan fingerprint density at radius 1 is 1.03 bits per heavy atom. The van der Waals surface area contributed by atoms with E-state index in [-0.39, 0.29) is 11.8 Å². The molecule has 1 aromatic carbocycles. The van der Waals surface area contributed by atoms with Gasteiger partial charge >= 0.3 is 0 Å². The van der Waals surface area contributed by atoms with E-state index in [9.17, 15) is 9.59 Å². The summed E-state index contributed by atoms with van der Waals surface area (Å²) in [7, 11) is 1.76. The lowest BCUT2D eigenvalue weighted by Gasteiger charge is -2.51. The number of rotatable bonds is 10. The molecule has 5 atom stereocenters. The zero-order valence-corrected chi connectivity index (χ0v) is 21.4. The van der Waals surface area contributed by atoms with E-state index in [0.717, 1.165) is 56.0 Å². The van der Waals surface area contributed by atoms with Crippen LogP contribution in [0, 0.1) is 17.3 Å². The van der Waals surface area contributed by atoms with Gasteiger partial charge in [-0.1, -0.05) is 13.0 Å². The minimum absolute atomic E-state index is 0.186. The Labute approximate surface area is 209 Å². The molecule has 0 spiro atoms. The van der Waals surface area contributed by atoms with E-state index in [4.69, 9.17) is 4.74 Å². The second-order valence-corrected chi connectivity index (χ2v) is 11.2. The summed E-state index contributed by atoms with van der Waals surface area (Å²) >= 11 is 0. The lowest BCUT2D eigenvalue weighted by molar-refractivity contribution is -0.136. The molecule has 0 radical (unpaired) electrons. The Bertz CT molecular complexity index is 958. The van der Waals surface area contributed by atoms with Crippen molar-refractivity contribution in [1.82, 2.24) is 15.5 Å². The van der Waals surface area contributed by atoms with Crippen LogP contribution in [0.15, 0.2) is 30.4 Å². The first kappa shape index (κ1) is 24.5. The highest BCUT2D eigenvalue weighted by Crippen LogP contribution is 2.60. The monoisotopic (exact) mass is 479 g/mol. The molecule has 6 heteroatoms. The number of carbonyl (C=O) groups excluding carboxylic acids is 2. The van der Waals surface area contributed by atoms with Crippen molar-refractivity contribution in [1.29, 1.82) is 0 Å². The van der Waals surface area contributed by atoms with Crippen molar-refractivity contribution < 1.29 is 14.3 Å². The maximum Gasteiger partial charge on any atom is 0.253 e. The summed E-state index contributed by atoms with van der Waals surface area (Å²) in [6.07, 6.45) is 12.4. The van der Waals surface area contributed by atoms with Crippen LogP contribution in [0.4, 0.5) is 0 Å². The molecule has 5 rings (SSSR count). The average molecular weight is 480 g/mol. The molecule has 3 aliphatic carbocycles. The van der Waals surface area contributed by atoms with Crippen molar-refractivity contribution in [3.63, 3.8) is 0 Å². The van der Waals surface area contributed by atoms with E-state index in [1.165, 1.54) is 61.1 Å². The number of fused-ring (bicyclic) bond motifs is 5. The molecule has 4 aliphatic rings. The fourth-order valence-electron chi connectivity index (χ4n) is 7.65. The second kappa shape index (κ2) is 10.4. The van der Waals surface area contributed by atoms with E-state index in [1.54, 1.807) is 12.7 Å². The Hall–Kier alpha value is -2.18. The van der Waals surface area contributed by atoms with E-state index < -0.39 is 0 Å². The fourth-order valence-corrected chi connectivity index (χ4v) is 7.65. The molecular formula is C29H41N3O3. The van der Waals surface area contributed by atoms with E-state index in [0.29, 0.717) is 18.0 Å². The largest absolute Gasteiger partial charge is 0.497 e. The van der Waals surface area contributed by atoms with Crippen LogP contribution in [0.2, 0.25) is 0 Å². The predicted molar refractivity (Wildman–Crippen MR) is 137 cm³/mol. The Balaban J connectivity index is 1.05. The van der Waals surface area contributed by atoms with Gasteiger partial charge < -0.3 is 15.4 Å². The van der Waals surface area contributed by atoms with Crippen LogP contribution in [0.1, 0.15) is 68.9 Å². The number of amides is 2. The van der Waals surface area contributed by atoms with Crippen LogP contribution < -0.4 is 15.4 Å². The van der Waals surface area contributed by atoms with Crippen LogP contribution in [0.5, 0.6) is 5.75 Å². The third-order valence-corrected chi connectivity index (χ3v) is 9.49. The van der Waals surface area contributed by atoms with Crippen molar-refractivity contribution in [2.24, 2.45) is 17.3 Å². The molecule has 1 aromatic rings. The number of nitrogens with one attached hydrogen (secondary N) is 2. The summed E-state index contributed by atoms with van der Waals surface area (Å²) in [4.78, 5) is 24.5. The number of benzene rings is 1. The summed E-state index contributed by atoms with van der Waals surface area (Å²) < 4.78 is 5.48. The van der Waals surface area contributed by atoms with E-state index in [2.05, 4.69) is 35.8 Å². The summed E-state index contributed by atoms with van der Waals surface area (Å²) in [6, 6.07) is 7.41. The van der Waals surface area contributed by atoms with Gasteiger partial charge in [-0.25, -0.2) is 0 Å². The Morgan fingerprint density at radius 3 is 2.63 bits per heavy atom. The predicted octanol–water partition coefficient (Wildman–Crippen LogP) is 3.80. The van der Waals surface area contributed by atoms with Gasteiger partial charge in [0.15, 0.2) is 0 Å².